The first-order valence-corrected chi connectivity index (χ1v) is 11.0. The highest BCUT2D eigenvalue weighted by Crippen LogP contribution is 2.30. The van der Waals surface area contributed by atoms with E-state index in [0.29, 0.717) is 27.8 Å². The normalized spacial score (nSPS) is 10.9. The van der Waals surface area contributed by atoms with Crippen LogP contribution in [0.25, 0.3) is 32.9 Å². The smallest absolute Gasteiger partial charge is 0.339 e. The third-order valence-corrected chi connectivity index (χ3v) is 5.67. The van der Waals surface area contributed by atoms with Gasteiger partial charge in [-0.2, -0.15) is 0 Å². The fourth-order valence-corrected chi connectivity index (χ4v) is 3.97. The number of hydrogen-bond acceptors (Lipinski definition) is 4. The maximum absolute atomic E-state index is 13.1. The van der Waals surface area contributed by atoms with E-state index in [0.717, 1.165) is 21.9 Å². The highest BCUT2D eigenvalue weighted by atomic mass is 16.5. The summed E-state index contributed by atoms with van der Waals surface area (Å²) >= 11 is 0. The van der Waals surface area contributed by atoms with E-state index in [4.69, 9.17) is 9.72 Å². The number of rotatable bonds is 5. The lowest BCUT2D eigenvalue weighted by molar-refractivity contribution is -0.119. The summed E-state index contributed by atoms with van der Waals surface area (Å²) in [4.78, 5) is 30.2. The highest BCUT2D eigenvalue weighted by molar-refractivity contribution is 6.07. The quantitative estimate of drug-likeness (QED) is 0.328. The average Bonchev–Trinajstić information content (AvgIpc) is 2.87. The molecule has 0 saturated carbocycles. The number of carbonyl (C=O) groups excluding carboxylic acids is 2. The maximum atomic E-state index is 13.1. The van der Waals surface area contributed by atoms with Crippen molar-refractivity contribution >= 4 is 39.2 Å². The van der Waals surface area contributed by atoms with Crippen molar-refractivity contribution in [3.8, 4) is 11.3 Å². The molecule has 4 aromatic carbocycles. The number of fused-ring (bicyclic) bond motifs is 2. The fourth-order valence-electron chi connectivity index (χ4n) is 3.97. The Morgan fingerprint density at radius 3 is 2.35 bits per heavy atom. The van der Waals surface area contributed by atoms with Crippen molar-refractivity contribution in [2.45, 2.75) is 6.92 Å². The van der Waals surface area contributed by atoms with Crippen LogP contribution in [0, 0.1) is 6.92 Å². The van der Waals surface area contributed by atoms with Crippen molar-refractivity contribution < 1.29 is 14.3 Å². The van der Waals surface area contributed by atoms with Crippen molar-refractivity contribution in [3.63, 3.8) is 0 Å². The molecule has 5 aromatic rings. The summed E-state index contributed by atoms with van der Waals surface area (Å²) in [7, 11) is 0. The van der Waals surface area contributed by atoms with Crippen LogP contribution in [0.3, 0.4) is 0 Å². The van der Waals surface area contributed by atoms with Gasteiger partial charge >= 0.3 is 5.97 Å². The second kappa shape index (κ2) is 9.16. The van der Waals surface area contributed by atoms with Gasteiger partial charge in [0.1, 0.15) is 0 Å². The van der Waals surface area contributed by atoms with Crippen molar-refractivity contribution in [2.24, 2.45) is 0 Å². The molecule has 5 nitrogen and oxygen atoms in total. The minimum atomic E-state index is -0.570. The van der Waals surface area contributed by atoms with Crippen molar-refractivity contribution in [1.29, 1.82) is 0 Å². The third kappa shape index (κ3) is 4.36. The van der Waals surface area contributed by atoms with Gasteiger partial charge < -0.3 is 10.1 Å². The lowest BCUT2D eigenvalue weighted by Crippen LogP contribution is -2.21. The van der Waals surface area contributed by atoms with Crippen LogP contribution in [0.15, 0.2) is 97.1 Å². The summed E-state index contributed by atoms with van der Waals surface area (Å²) < 4.78 is 5.39. The van der Waals surface area contributed by atoms with Crippen LogP contribution in [-0.2, 0) is 9.53 Å². The number of amides is 1. The summed E-state index contributed by atoms with van der Waals surface area (Å²) in [6.45, 7) is 1.59. The SMILES string of the molecule is Cc1ccc(NC(=O)COC(=O)c2cc(-c3cccc4ccccc34)nc3ccccc23)cc1. The molecular formula is C29H22N2O3. The number of aryl methyl sites for hydroxylation is 1. The van der Waals surface area contributed by atoms with E-state index in [9.17, 15) is 9.59 Å². The fraction of sp³-hybridized carbons (Fsp3) is 0.0690. The Morgan fingerprint density at radius 2 is 1.53 bits per heavy atom. The van der Waals surface area contributed by atoms with E-state index in [2.05, 4.69) is 5.32 Å². The first kappa shape index (κ1) is 21.3. The molecule has 0 radical (unpaired) electrons. The molecule has 0 atom stereocenters. The van der Waals surface area contributed by atoms with Gasteiger partial charge in [-0.1, -0.05) is 78.4 Å². The molecule has 34 heavy (non-hydrogen) atoms. The van der Waals surface area contributed by atoms with Gasteiger partial charge in [0.25, 0.3) is 5.91 Å². The van der Waals surface area contributed by atoms with Gasteiger partial charge in [-0.25, -0.2) is 9.78 Å². The lowest BCUT2D eigenvalue weighted by atomic mass is 9.99. The van der Waals surface area contributed by atoms with Crippen LogP contribution in [0.2, 0.25) is 0 Å². The first-order valence-electron chi connectivity index (χ1n) is 11.0. The van der Waals surface area contributed by atoms with Gasteiger partial charge in [0.15, 0.2) is 6.61 Å². The molecule has 0 spiro atoms. The van der Waals surface area contributed by atoms with Crippen molar-refractivity contribution in [2.75, 3.05) is 11.9 Å². The van der Waals surface area contributed by atoms with Crippen molar-refractivity contribution in [1.82, 2.24) is 4.98 Å². The Hall–Kier alpha value is -4.51. The van der Waals surface area contributed by atoms with Gasteiger partial charge in [-0.15, -0.1) is 0 Å². The number of nitrogens with one attached hydrogen (secondary N) is 1. The average molecular weight is 447 g/mol. The van der Waals surface area contributed by atoms with E-state index < -0.39 is 11.9 Å². The molecule has 1 heterocycles. The summed E-state index contributed by atoms with van der Waals surface area (Å²) in [5.74, 6) is -0.969. The number of nitrogens with zero attached hydrogens (tertiary/aromatic N) is 1. The first-order chi connectivity index (χ1) is 16.6. The molecule has 0 aliphatic heterocycles. The summed E-state index contributed by atoms with van der Waals surface area (Å²) in [5, 5.41) is 5.55. The number of hydrogen-bond donors (Lipinski definition) is 1. The number of anilines is 1. The summed E-state index contributed by atoms with van der Waals surface area (Å²) in [6.07, 6.45) is 0. The molecule has 0 unspecified atom stereocenters. The van der Waals surface area contributed by atoms with E-state index in [1.54, 1.807) is 6.07 Å². The molecule has 0 bridgehead atoms. The Bertz CT molecular complexity index is 1520. The number of ether oxygens (including phenoxy) is 1. The minimum absolute atomic E-state index is 0.372. The zero-order valence-electron chi connectivity index (χ0n) is 18.6. The second-order valence-electron chi connectivity index (χ2n) is 8.09. The minimum Gasteiger partial charge on any atom is -0.452 e. The van der Waals surface area contributed by atoms with Crippen LogP contribution in [0.4, 0.5) is 5.69 Å². The maximum Gasteiger partial charge on any atom is 0.339 e. The predicted molar refractivity (Wildman–Crippen MR) is 135 cm³/mol. The van der Waals surface area contributed by atoms with E-state index in [1.165, 1.54) is 0 Å². The Labute approximate surface area is 197 Å². The molecule has 0 aliphatic rings. The molecule has 5 rings (SSSR count). The topological polar surface area (TPSA) is 68.3 Å². The zero-order chi connectivity index (χ0) is 23.5. The van der Waals surface area contributed by atoms with Gasteiger partial charge in [-0.3, -0.25) is 4.79 Å². The van der Waals surface area contributed by atoms with Crippen LogP contribution in [0.5, 0.6) is 0 Å². The van der Waals surface area contributed by atoms with Gasteiger partial charge in [0.05, 0.1) is 16.8 Å². The molecule has 166 valence electrons. The predicted octanol–water partition coefficient (Wildman–Crippen LogP) is 6.16. The molecule has 1 amide bonds. The van der Waals surface area contributed by atoms with Crippen LogP contribution in [-0.4, -0.2) is 23.5 Å². The second-order valence-corrected chi connectivity index (χ2v) is 8.09. The summed E-state index contributed by atoms with van der Waals surface area (Å²) in [6, 6.07) is 30.6. The number of esters is 1. The van der Waals surface area contributed by atoms with E-state index in [-0.39, 0.29) is 6.61 Å². The molecular weight excluding hydrogens is 424 g/mol. The Kier molecular flexibility index (Phi) is 5.75. The van der Waals surface area contributed by atoms with Gasteiger partial charge in [0, 0.05) is 16.6 Å². The number of pyridine rings is 1. The largest absolute Gasteiger partial charge is 0.452 e. The monoisotopic (exact) mass is 446 g/mol. The molecule has 0 fully saturated rings. The number of benzene rings is 4. The molecule has 5 heteroatoms. The van der Waals surface area contributed by atoms with Gasteiger partial charge in [-0.05, 0) is 42.0 Å². The zero-order valence-corrected chi connectivity index (χ0v) is 18.6. The molecule has 0 aliphatic carbocycles. The Balaban J connectivity index is 1.45. The highest BCUT2D eigenvalue weighted by Gasteiger charge is 2.17. The van der Waals surface area contributed by atoms with Crippen LogP contribution in [0.1, 0.15) is 15.9 Å². The van der Waals surface area contributed by atoms with E-state index >= 15 is 0 Å². The number of carbonyl (C=O) groups is 2. The number of aromatic nitrogens is 1. The molecule has 0 saturated heterocycles. The lowest BCUT2D eigenvalue weighted by Gasteiger charge is -2.12. The van der Waals surface area contributed by atoms with Crippen LogP contribution >= 0.6 is 0 Å². The molecule has 1 aromatic heterocycles. The number of para-hydroxylation sites is 1. The van der Waals surface area contributed by atoms with Crippen LogP contribution < -0.4 is 5.32 Å². The van der Waals surface area contributed by atoms with Gasteiger partial charge in [0.2, 0.25) is 0 Å². The van der Waals surface area contributed by atoms with Crippen molar-refractivity contribution in [3.05, 3.63) is 108 Å². The molecule has 1 N–H and O–H groups in total. The van der Waals surface area contributed by atoms with E-state index in [1.807, 2.05) is 97.9 Å². The Morgan fingerprint density at radius 1 is 0.824 bits per heavy atom. The summed E-state index contributed by atoms with van der Waals surface area (Å²) in [5.41, 5.74) is 4.40. The standard InChI is InChI=1S/C29H22N2O3/c1-19-13-15-21(16-14-19)30-28(32)18-34-29(33)25-17-27(31-26-12-5-4-10-24(25)26)23-11-6-8-20-7-2-3-9-22(20)23/h2-17H,18H2,1H3,(H,30,32). The third-order valence-electron chi connectivity index (χ3n) is 5.67.